The molecule has 1 heterocycles. The summed E-state index contributed by atoms with van der Waals surface area (Å²) in [5.41, 5.74) is 1.39. The number of hydrogen-bond acceptors (Lipinski definition) is 2. The molecular formula is C12H22N2S. The van der Waals surface area contributed by atoms with Crippen LogP contribution in [-0.2, 0) is 13.1 Å². The van der Waals surface area contributed by atoms with Gasteiger partial charge < -0.3 is 9.88 Å². The summed E-state index contributed by atoms with van der Waals surface area (Å²) in [7, 11) is 0. The Balaban J connectivity index is 2.39. The minimum Gasteiger partial charge on any atom is -0.349 e. The van der Waals surface area contributed by atoms with Crippen LogP contribution in [0.2, 0.25) is 0 Å². The highest BCUT2D eigenvalue weighted by atomic mass is 32.2. The fourth-order valence-corrected chi connectivity index (χ4v) is 2.06. The summed E-state index contributed by atoms with van der Waals surface area (Å²) in [6.45, 7) is 8.67. The van der Waals surface area contributed by atoms with Gasteiger partial charge in [0.2, 0.25) is 0 Å². The zero-order valence-corrected chi connectivity index (χ0v) is 10.8. The predicted octanol–water partition coefficient (Wildman–Crippen LogP) is 2.74. The van der Waals surface area contributed by atoms with Gasteiger partial charge in [0.1, 0.15) is 0 Å². The second-order valence-corrected chi connectivity index (χ2v) is 5.32. The summed E-state index contributed by atoms with van der Waals surface area (Å²) in [5.74, 6) is 2.42. The van der Waals surface area contributed by atoms with Gasteiger partial charge in [-0.05, 0) is 17.9 Å². The molecule has 1 N–H and O–H groups in total. The van der Waals surface area contributed by atoms with E-state index < -0.39 is 0 Å². The first-order valence-electron chi connectivity index (χ1n) is 5.69. The molecule has 0 spiro atoms. The average Bonchev–Trinajstić information content (AvgIpc) is 2.63. The third-order valence-electron chi connectivity index (χ3n) is 2.30. The van der Waals surface area contributed by atoms with Crippen molar-refractivity contribution in [2.24, 2.45) is 0 Å². The smallest absolute Gasteiger partial charge is 0.0361 e. The van der Waals surface area contributed by atoms with Gasteiger partial charge in [0, 0.05) is 36.8 Å². The number of aryl methyl sites for hydroxylation is 1. The lowest BCUT2D eigenvalue weighted by Gasteiger charge is -2.11. The number of nitrogens with zero attached hydrogens (tertiary/aromatic N) is 1. The Morgan fingerprint density at radius 2 is 2.27 bits per heavy atom. The van der Waals surface area contributed by atoms with Gasteiger partial charge in [0.05, 0.1) is 0 Å². The SMILES string of the molecule is CCSCCn1cccc1CNC(C)C. The molecular weight excluding hydrogens is 204 g/mol. The molecule has 0 amide bonds. The average molecular weight is 226 g/mol. The van der Waals surface area contributed by atoms with Crippen molar-refractivity contribution in [1.82, 2.24) is 9.88 Å². The van der Waals surface area contributed by atoms with Crippen LogP contribution in [-0.4, -0.2) is 22.1 Å². The molecule has 0 aliphatic rings. The van der Waals surface area contributed by atoms with Crippen LogP contribution in [0, 0.1) is 0 Å². The van der Waals surface area contributed by atoms with Gasteiger partial charge in [0.15, 0.2) is 0 Å². The van der Waals surface area contributed by atoms with Crippen molar-refractivity contribution in [3.05, 3.63) is 24.0 Å². The molecule has 0 fully saturated rings. The minimum absolute atomic E-state index is 0.554. The molecule has 1 aromatic rings. The molecule has 0 aliphatic heterocycles. The third-order valence-corrected chi connectivity index (χ3v) is 3.18. The van der Waals surface area contributed by atoms with Gasteiger partial charge in [-0.3, -0.25) is 0 Å². The second-order valence-electron chi connectivity index (χ2n) is 3.93. The number of rotatable bonds is 7. The van der Waals surface area contributed by atoms with Crippen molar-refractivity contribution in [2.45, 2.75) is 39.9 Å². The van der Waals surface area contributed by atoms with E-state index in [1.165, 1.54) is 17.2 Å². The summed E-state index contributed by atoms with van der Waals surface area (Å²) in [4.78, 5) is 0. The van der Waals surface area contributed by atoms with Crippen LogP contribution in [0.3, 0.4) is 0 Å². The normalized spacial score (nSPS) is 11.2. The standard InChI is InChI=1S/C12H22N2S/c1-4-15-9-8-14-7-5-6-12(14)10-13-11(2)3/h5-7,11,13H,4,8-10H2,1-3H3. The lowest BCUT2D eigenvalue weighted by atomic mass is 10.3. The van der Waals surface area contributed by atoms with E-state index in [1.54, 1.807) is 0 Å². The van der Waals surface area contributed by atoms with Crippen LogP contribution in [0.1, 0.15) is 26.5 Å². The summed E-state index contributed by atoms with van der Waals surface area (Å²) < 4.78 is 2.35. The molecule has 0 unspecified atom stereocenters. The van der Waals surface area contributed by atoms with Gasteiger partial charge in [0.25, 0.3) is 0 Å². The first-order chi connectivity index (χ1) is 7.24. The van der Waals surface area contributed by atoms with Crippen LogP contribution in [0.4, 0.5) is 0 Å². The second kappa shape index (κ2) is 6.96. The molecule has 2 nitrogen and oxygen atoms in total. The van der Waals surface area contributed by atoms with Crippen molar-refractivity contribution < 1.29 is 0 Å². The first-order valence-corrected chi connectivity index (χ1v) is 6.84. The molecule has 0 atom stereocenters. The Morgan fingerprint density at radius 1 is 1.47 bits per heavy atom. The quantitative estimate of drug-likeness (QED) is 0.720. The van der Waals surface area contributed by atoms with E-state index in [9.17, 15) is 0 Å². The van der Waals surface area contributed by atoms with Gasteiger partial charge in [-0.2, -0.15) is 11.8 Å². The molecule has 0 aliphatic carbocycles. The van der Waals surface area contributed by atoms with E-state index in [4.69, 9.17) is 0 Å². The van der Waals surface area contributed by atoms with Gasteiger partial charge in [-0.15, -0.1) is 0 Å². The zero-order valence-electron chi connectivity index (χ0n) is 9.99. The van der Waals surface area contributed by atoms with Crippen molar-refractivity contribution >= 4 is 11.8 Å². The monoisotopic (exact) mass is 226 g/mol. The number of aromatic nitrogens is 1. The van der Waals surface area contributed by atoms with Crippen molar-refractivity contribution in [1.29, 1.82) is 0 Å². The Bertz CT molecular complexity index is 268. The third kappa shape index (κ3) is 4.76. The van der Waals surface area contributed by atoms with Crippen LogP contribution in [0.5, 0.6) is 0 Å². The van der Waals surface area contributed by atoms with Gasteiger partial charge >= 0.3 is 0 Å². The minimum atomic E-state index is 0.554. The first kappa shape index (κ1) is 12.7. The van der Waals surface area contributed by atoms with Crippen molar-refractivity contribution in [2.75, 3.05) is 11.5 Å². The fourth-order valence-electron chi connectivity index (χ4n) is 1.44. The van der Waals surface area contributed by atoms with E-state index in [1.807, 2.05) is 11.8 Å². The van der Waals surface area contributed by atoms with Crippen LogP contribution in [0.25, 0.3) is 0 Å². The molecule has 86 valence electrons. The highest BCUT2D eigenvalue weighted by Crippen LogP contribution is 2.06. The van der Waals surface area contributed by atoms with Crippen molar-refractivity contribution in [3.8, 4) is 0 Å². The Morgan fingerprint density at radius 3 is 2.93 bits per heavy atom. The molecule has 0 aromatic carbocycles. The largest absolute Gasteiger partial charge is 0.349 e. The molecule has 1 rings (SSSR count). The van der Waals surface area contributed by atoms with E-state index in [2.05, 4.69) is 49.0 Å². The molecule has 3 heteroatoms. The van der Waals surface area contributed by atoms with E-state index >= 15 is 0 Å². The zero-order chi connectivity index (χ0) is 11.1. The molecule has 0 saturated carbocycles. The summed E-state index contributed by atoms with van der Waals surface area (Å²) in [5, 5.41) is 3.45. The highest BCUT2D eigenvalue weighted by Gasteiger charge is 2.01. The maximum Gasteiger partial charge on any atom is 0.0361 e. The number of thioether (sulfide) groups is 1. The maximum absolute atomic E-state index is 3.45. The molecule has 0 radical (unpaired) electrons. The molecule has 1 aromatic heterocycles. The molecule has 0 saturated heterocycles. The van der Waals surface area contributed by atoms with Gasteiger partial charge in [-0.25, -0.2) is 0 Å². The Hall–Kier alpha value is -0.410. The summed E-state index contributed by atoms with van der Waals surface area (Å²) >= 11 is 2.00. The van der Waals surface area contributed by atoms with Crippen LogP contribution < -0.4 is 5.32 Å². The predicted molar refractivity (Wildman–Crippen MR) is 69.4 cm³/mol. The van der Waals surface area contributed by atoms with E-state index in [0.717, 1.165) is 13.1 Å². The Labute approximate surface area is 97.4 Å². The van der Waals surface area contributed by atoms with Crippen LogP contribution in [0.15, 0.2) is 18.3 Å². The maximum atomic E-state index is 3.45. The van der Waals surface area contributed by atoms with Gasteiger partial charge in [-0.1, -0.05) is 20.8 Å². The fraction of sp³-hybridized carbons (Fsp3) is 0.667. The number of hydrogen-bond donors (Lipinski definition) is 1. The van der Waals surface area contributed by atoms with E-state index in [0.29, 0.717) is 6.04 Å². The molecule has 0 bridgehead atoms. The lowest BCUT2D eigenvalue weighted by molar-refractivity contribution is 0.562. The van der Waals surface area contributed by atoms with Crippen LogP contribution >= 0.6 is 11.8 Å². The van der Waals surface area contributed by atoms with E-state index in [-0.39, 0.29) is 0 Å². The molecule has 15 heavy (non-hydrogen) atoms. The lowest BCUT2D eigenvalue weighted by Crippen LogP contribution is -2.23. The summed E-state index contributed by atoms with van der Waals surface area (Å²) in [6.07, 6.45) is 2.17. The van der Waals surface area contributed by atoms with Crippen molar-refractivity contribution in [3.63, 3.8) is 0 Å². The Kier molecular flexibility index (Phi) is 5.88. The summed E-state index contributed by atoms with van der Waals surface area (Å²) in [6, 6.07) is 4.89. The topological polar surface area (TPSA) is 17.0 Å². The number of nitrogens with one attached hydrogen (secondary N) is 1. The highest BCUT2D eigenvalue weighted by molar-refractivity contribution is 7.99.